The van der Waals surface area contributed by atoms with Gasteiger partial charge in [-0.2, -0.15) is 5.10 Å². The molecule has 19 heavy (non-hydrogen) atoms. The van der Waals surface area contributed by atoms with Crippen molar-refractivity contribution in [2.24, 2.45) is 0 Å². The zero-order valence-corrected chi connectivity index (χ0v) is 12.8. The first kappa shape index (κ1) is 14.1. The highest BCUT2D eigenvalue weighted by molar-refractivity contribution is 9.10. The van der Waals surface area contributed by atoms with Crippen LogP contribution in [0.5, 0.6) is 0 Å². The molecule has 1 N–H and O–H groups in total. The van der Waals surface area contributed by atoms with Crippen molar-refractivity contribution in [1.82, 2.24) is 25.1 Å². The molecule has 1 unspecified atom stereocenters. The molecule has 1 atom stereocenters. The van der Waals surface area contributed by atoms with Gasteiger partial charge in [0.1, 0.15) is 6.33 Å². The number of rotatable bonds is 6. The number of aromatic nitrogens is 4. The van der Waals surface area contributed by atoms with Crippen molar-refractivity contribution in [2.75, 3.05) is 6.54 Å². The van der Waals surface area contributed by atoms with Crippen LogP contribution in [-0.2, 0) is 6.54 Å². The lowest BCUT2D eigenvalue weighted by Crippen LogP contribution is -2.26. The van der Waals surface area contributed by atoms with E-state index in [1.807, 2.05) is 16.9 Å². The van der Waals surface area contributed by atoms with E-state index in [0.29, 0.717) is 0 Å². The maximum atomic E-state index is 4.42. The molecule has 0 aliphatic carbocycles. The topological polar surface area (TPSA) is 55.6 Å². The summed E-state index contributed by atoms with van der Waals surface area (Å²) in [5.74, 6) is 0. The van der Waals surface area contributed by atoms with E-state index in [9.17, 15) is 0 Å². The lowest BCUT2D eigenvalue weighted by molar-refractivity contribution is 0.512. The van der Waals surface area contributed by atoms with Crippen LogP contribution in [0.15, 0.2) is 29.3 Å². The first-order valence-corrected chi connectivity index (χ1v) is 7.27. The number of aryl methyl sites for hydroxylation is 1. The smallest absolute Gasteiger partial charge is 0.115 e. The third-order valence-electron chi connectivity index (χ3n) is 2.85. The van der Waals surface area contributed by atoms with Crippen LogP contribution in [0.2, 0.25) is 0 Å². The van der Waals surface area contributed by atoms with E-state index in [0.717, 1.165) is 35.4 Å². The fourth-order valence-corrected chi connectivity index (χ4v) is 2.59. The lowest BCUT2D eigenvalue weighted by atomic mass is 10.1. The van der Waals surface area contributed by atoms with Crippen LogP contribution in [0.3, 0.4) is 0 Å². The van der Waals surface area contributed by atoms with Crippen molar-refractivity contribution in [3.05, 3.63) is 40.6 Å². The molecule has 0 aliphatic heterocycles. The van der Waals surface area contributed by atoms with Crippen LogP contribution >= 0.6 is 15.9 Å². The van der Waals surface area contributed by atoms with Gasteiger partial charge in [0.05, 0.1) is 28.1 Å². The standard InChI is InChI=1S/C13H18BrN5/c1-3-7-19-13(10(14)8-18-19)12(16-4-2)11-5-6-15-9-17-11/h5-6,8-9,12,16H,3-4,7H2,1-2H3. The van der Waals surface area contributed by atoms with E-state index in [1.165, 1.54) is 0 Å². The van der Waals surface area contributed by atoms with Gasteiger partial charge < -0.3 is 5.32 Å². The minimum atomic E-state index is 0.0245. The summed E-state index contributed by atoms with van der Waals surface area (Å²) in [5, 5.41) is 7.88. The van der Waals surface area contributed by atoms with Crippen LogP contribution in [0.1, 0.15) is 37.7 Å². The molecule has 0 spiro atoms. The van der Waals surface area contributed by atoms with Gasteiger partial charge in [-0.3, -0.25) is 4.68 Å². The minimum Gasteiger partial charge on any atom is -0.304 e. The second-order valence-corrected chi connectivity index (χ2v) is 5.08. The molecule has 2 heterocycles. The van der Waals surface area contributed by atoms with Crippen LogP contribution in [0, 0.1) is 0 Å². The molecule has 6 heteroatoms. The molecule has 0 aliphatic rings. The minimum absolute atomic E-state index is 0.0245. The molecule has 2 aromatic heterocycles. The maximum Gasteiger partial charge on any atom is 0.115 e. The molecule has 0 saturated carbocycles. The Morgan fingerprint density at radius 1 is 1.42 bits per heavy atom. The second-order valence-electron chi connectivity index (χ2n) is 4.23. The Morgan fingerprint density at radius 3 is 2.89 bits per heavy atom. The van der Waals surface area contributed by atoms with Crippen molar-refractivity contribution < 1.29 is 0 Å². The van der Waals surface area contributed by atoms with Crippen LogP contribution in [-0.4, -0.2) is 26.3 Å². The van der Waals surface area contributed by atoms with Gasteiger partial charge in [0, 0.05) is 12.7 Å². The number of hydrogen-bond donors (Lipinski definition) is 1. The third-order valence-corrected chi connectivity index (χ3v) is 3.46. The molecule has 0 saturated heterocycles. The van der Waals surface area contributed by atoms with Crippen molar-refractivity contribution in [1.29, 1.82) is 0 Å². The Morgan fingerprint density at radius 2 is 2.26 bits per heavy atom. The van der Waals surface area contributed by atoms with Gasteiger partial charge in [-0.05, 0) is 35.0 Å². The van der Waals surface area contributed by atoms with Crippen LogP contribution in [0.4, 0.5) is 0 Å². The molecule has 102 valence electrons. The second kappa shape index (κ2) is 6.77. The number of halogens is 1. The van der Waals surface area contributed by atoms with Crippen LogP contribution in [0.25, 0.3) is 0 Å². The molecular weight excluding hydrogens is 306 g/mol. The summed E-state index contributed by atoms with van der Waals surface area (Å²) in [5.41, 5.74) is 2.07. The molecule has 0 aromatic carbocycles. The van der Waals surface area contributed by atoms with Gasteiger partial charge in [0.15, 0.2) is 0 Å². The first-order chi connectivity index (χ1) is 9.27. The lowest BCUT2D eigenvalue weighted by Gasteiger charge is -2.19. The van der Waals surface area contributed by atoms with Gasteiger partial charge in [0.2, 0.25) is 0 Å². The normalized spacial score (nSPS) is 12.6. The van der Waals surface area contributed by atoms with E-state index in [1.54, 1.807) is 12.5 Å². The molecule has 2 aromatic rings. The number of hydrogen-bond acceptors (Lipinski definition) is 4. The molecular formula is C13H18BrN5. The summed E-state index contributed by atoms with van der Waals surface area (Å²) in [6.45, 7) is 5.99. The first-order valence-electron chi connectivity index (χ1n) is 6.48. The highest BCUT2D eigenvalue weighted by Gasteiger charge is 2.21. The van der Waals surface area contributed by atoms with Gasteiger partial charge >= 0.3 is 0 Å². The summed E-state index contributed by atoms with van der Waals surface area (Å²) in [6.07, 6.45) is 6.23. The highest BCUT2D eigenvalue weighted by atomic mass is 79.9. The summed E-state index contributed by atoms with van der Waals surface area (Å²) >= 11 is 3.59. The van der Waals surface area contributed by atoms with E-state index < -0.39 is 0 Å². The summed E-state index contributed by atoms with van der Waals surface area (Å²) < 4.78 is 3.03. The van der Waals surface area contributed by atoms with Gasteiger partial charge in [-0.1, -0.05) is 13.8 Å². The zero-order chi connectivity index (χ0) is 13.7. The molecule has 0 fully saturated rings. The predicted molar refractivity (Wildman–Crippen MR) is 77.8 cm³/mol. The van der Waals surface area contributed by atoms with Crippen molar-refractivity contribution in [3.63, 3.8) is 0 Å². The third kappa shape index (κ3) is 3.19. The largest absolute Gasteiger partial charge is 0.304 e. The van der Waals surface area contributed by atoms with E-state index in [4.69, 9.17) is 0 Å². The Kier molecular flexibility index (Phi) is 5.04. The highest BCUT2D eigenvalue weighted by Crippen LogP contribution is 2.27. The monoisotopic (exact) mass is 323 g/mol. The molecule has 0 amide bonds. The number of nitrogens with one attached hydrogen (secondary N) is 1. The maximum absolute atomic E-state index is 4.42. The fraction of sp³-hybridized carbons (Fsp3) is 0.462. The predicted octanol–water partition coefficient (Wildman–Crippen LogP) is 2.54. The van der Waals surface area contributed by atoms with Gasteiger partial charge in [-0.25, -0.2) is 9.97 Å². The molecule has 5 nitrogen and oxygen atoms in total. The summed E-state index contributed by atoms with van der Waals surface area (Å²) in [7, 11) is 0. The van der Waals surface area contributed by atoms with E-state index in [2.05, 4.69) is 50.2 Å². The number of nitrogens with zero attached hydrogens (tertiary/aromatic N) is 4. The molecule has 0 radical (unpaired) electrons. The quantitative estimate of drug-likeness (QED) is 0.887. The fourth-order valence-electron chi connectivity index (χ4n) is 2.07. The molecule has 2 rings (SSSR count). The summed E-state index contributed by atoms with van der Waals surface area (Å²) in [6, 6.07) is 1.96. The van der Waals surface area contributed by atoms with E-state index in [-0.39, 0.29) is 6.04 Å². The van der Waals surface area contributed by atoms with Crippen molar-refractivity contribution in [2.45, 2.75) is 32.9 Å². The van der Waals surface area contributed by atoms with Crippen LogP contribution < -0.4 is 5.32 Å². The van der Waals surface area contributed by atoms with Crippen molar-refractivity contribution in [3.8, 4) is 0 Å². The average Bonchev–Trinajstić information content (AvgIpc) is 2.79. The Hall–Kier alpha value is -1.27. The summed E-state index contributed by atoms with van der Waals surface area (Å²) in [4.78, 5) is 8.34. The SMILES string of the molecule is CCCn1ncc(Br)c1C(NCC)c1ccncn1. The van der Waals surface area contributed by atoms with Gasteiger partial charge in [-0.15, -0.1) is 0 Å². The Balaban J connectivity index is 2.42. The van der Waals surface area contributed by atoms with Gasteiger partial charge in [0.25, 0.3) is 0 Å². The molecule has 0 bridgehead atoms. The van der Waals surface area contributed by atoms with E-state index >= 15 is 0 Å². The van der Waals surface area contributed by atoms with Crippen molar-refractivity contribution >= 4 is 15.9 Å². The average molecular weight is 324 g/mol. The zero-order valence-electron chi connectivity index (χ0n) is 11.2. The Labute approximate surface area is 121 Å². The Bertz CT molecular complexity index is 511.